The number of anilines is 1. The van der Waals surface area contributed by atoms with Crippen LogP contribution in [0.1, 0.15) is 30.9 Å². The highest BCUT2D eigenvalue weighted by molar-refractivity contribution is 7.93. The molecule has 5 nitrogen and oxygen atoms in total. The van der Waals surface area contributed by atoms with Gasteiger partial charge in [0.05, 0.1) is 10.6 Å². The summed E-state index contributed by atoms with van der Waals surface area (Å²) in [6.07, 6.45) is 3.03. The minimum atomic E-state index is -4.09. The van der Waals surface area contributed by atoms with Crippen molar-refractivity contribution in [2.75, 3.05) is 10.9 Å². The molecule has 6 heteroatoms. The molecular weight excluding hydrogens is 410 g/mol. The number of hydrogen-bond donors (Lipinski definition) is 0. The largest absolute Gasteiger partial charge is 0.483 e. The van der Waals surface area contributed by atoms with Gasteiger partial charge in [0.15, 0.2) is 6.61 Å². The summed E-state index contributed by atoms with van der Waals surface area (Å²) in [7, 11) is -4.09. The number of amides is 1. The van der Waals surface area contributed by atoms with Gasteiger partial charge >= 0.3 is 0 Å². The number of nitrogens with zero attached hydrogens (tertiary/aromatic N) is 1. The Morgan fingerprint density at radius 2 is 1.55 bits per heavy atom. The Morgan fingerprint density at radius 1 is 0.903 bits per heavy atom. The van der Waals surface area contributed by atoms with Gasteiger partial charge < -0.3 is 4.74 Å². The number of hydrogen-bond acceptors (Lipinski definition) is 4. The van der Waals surface area contributed by atoms with Crippen LogP contribution in [-0.4, -0.2) is 20.9 Å². The lowest BCUT2D eigenvalue weighted by molar-refractivity contribution is -0.119. The summed E-state index contributed by atoms with van der Waals surface area (Å²) < 4.78 is 33.2. The Kier molecular flexibility index (Phi) is 7.47. The van der Waals surface area contributed by atoms with E-state index in [1.54, 1.807) is 42.5 Å². The van der Waals surface area contributed by atoms with Crippen LogP contribution in [0.4, 0.5) is 5.69 Å². The van der Waals surface area contributed by atoms with Gasteiger partial charge in [0.2, 0.25) is 0 Å². The summed E-state index contributed by atoms with van der Waals surface area (Å²) in [6.45, 7) is 3.59. The summed E-state index contributed by atoms with van der Waals surface area (Å²) in [5.74, 6) is -0.115. The monoisotopic (exact) mass is 437 g/mol. The van der Waals surface area contributed by atoms with Gasteiger partial charge in [0, 0.05) is 0 Å². The maximum absolute atomic E-state index is 13.4. The molecule has 0 radical (unpaired) electrons. The molecular formula is C25H27NO4S. The fourth-order valence-electron chi connectivity index (χ4n) is 3.21. The van der Waals surface area contributed by atoms with Crippen LogP contribution in [0.2, 0.25) is 0 Å². The van der Waals surface area contributed by atoms with E-state index in [0.717, 1.165) is 34.7 Å². The highest BCUT2D eigenvalue weighted by Gasteiger charge is 2.31. The van der Waals surface area contributed by atoms with Gasteiger partial charge in [0.1, 0.15) is 5.75 Å². The predicted molar refractivity (Wildman–Crippen MR) is 123 cm³/mol. The second-order valence-corrected chi connectivity index (χ2v) is 9.09. The van der Waals surface area contributed by atoms with Crippen molar-refractivity contribution in [3.05, 3.63) is 90.0 Å². The Bertz CT molecular complexity index is 1110. The van der Waals surface area contributed by atoms with E-state index in [0.29, 0.717) is 11.4 Å². The summed E-state index contributed by atoms with van der Waals surface area (Å²) in [5, 5.41) is 0. The Balaban J connectivity index is 1.92. The van der Waals surface area contributed by atoms with E-state index < -0.39 is 22.5 Å². The van der Waals surface area contributed by atoms with Crippen LogP contribution >= 0.6 is 0 Å². The fraction of sp³-hybridized carbons (Fsp3) is 0.240. The molecule has 0 atom stereocenters. The summed E-state index contributed by atoms with van der Waals surface area (Å²) in [5.41, 5.74) is 2.27. The quantitative estimate of drug-likeness (QED) is 0.465. The maximum atomic E-state index is 13.4. The molecule has 3 aromatic carbocycles. The third-order valence-corrected chi connectivity index (χ3v) is 6.71. The molecule has 0 unspecified atom stereocenters. The van der Waals surface area contributed by atoms with Crippen LogP contribution in [0.5, 0.6) is 5.75 Å². The molecule has 0 aliphatic heterocycles. The average molecular weight is 438 g/mol. The molecule has 0 saturated heterocycles. The Labute approximate surface area is 184 Å². The molecule has 0 fully saturated rings. The molecule has 0 spiro atoms. The van der Waals surface area contributed by atoms with Gasteiger partial charge in [-0.05, 0) is 61.2 Å². The lowest BCUT2D eigenvalue weighted by atomic mass is 10.1. The summed E-state index contributed by atoms with van der Waals surface area (Å²) in [4.78, 5) is 13.2. The van der Waals surface area contributed by atoms with Gasteiger partial charge in [-0.2, -0.15) is 4.31 Å². The molecule has 1 amide bonds. The smallest absolute Gasteiger partial charge is 0.278 e. The minimum Gasteiger partial charge on any atom is -0.483 e. The zero-order chi connectivity index (χ0) is 22.3. The van der Waals surface area contributed by atoms with Crippen LogP contribution in [0.25, 0.3) is 0 Å². The van der Waals surface area contributed by atoms with Crippen LogP contribution < -0.4 is 9.04 Å². The SMILES string of the molecule is CCCCc1ccc(N(C(=O)COc2ccccc2C)S(=O)(=O)c2ccccc2)cc1. The standard InChI is InChI=1S/C25H27NO4S/c1-3-4-11-21-15-17-22(18-16-21)26(31(28,29)23-12-6-5-7-13-23)25(27)19-30-24-14-9-8-10-20(24)2/h5-10,12-18H,3-4,11,19H2,1-2H3. The number of unbranched alkanes of at least 4 members (excludes halogenated alkanes) is 1. The third kappa shape index (κ3) is 5.52. The van der Waals surface area contributed by atoms with Crippen molar-refractivity contribution >= 4 is 21.6 Å². The first-order chi connectivity index (χ1) is 14.9. The van der Waals surface area contributed by atoms with Gasteiger partial charge in [-0.15, -0.1) is 0 Å². The number of sulfonamides is 1. The first-order valence-corrected chi connectivity index (χ1v) is 11.8. The second kappa shape index (κ2) is 10.3. The third-order valence-electron chi connectivity index (χ3n) is 4.94. The normalized spacial score (nSPS) is 11.2. The van der Waals surface area contributed by atoms with E-state index in [9.17, 15) is 13.2 Å². The van der Waals surface area contributed by atoms with E-state index >= 15 is 0 Å². The highest BCUT2D eigenvalue weighted by Crippen LogP contribution is 2.25. The molecule has 0 bridgehead atoms. The first-order valence-electron chi connectivity index (χ1n) is 10.3. The number of carbonyl (C=O) groups is 1. The van der Waals surface area contributed by atoms with Crippen molar-refractivity contribution in [1.82, 2.24) is 0 Å². The minimum absolute atomic E-state index is 0.0503. The zero-order valence-corrected chi connectivity index (χ0v) is 18.6. The number of para-hydroxylation sites is 1. The maximum Gasteiger partial charge on any atom is 0.278 e. The lowest BCUT2D eigenvalue weighted by Gasteiger charge is -2.23. The van der Waals surface area contributed by atoms with E-state index in [2.05, 4.69) is 6.92 Å². The van der Waals surface area contributed by atoms with Crippen LogP contribution in [0.15, 0.2) is 83.8 Å². The van der Waals surface area contributed by atoms with Gasteiger partial charge in [0.25, 0.3) is 15.9 Å². The highest BCUT2D eigenvalue weighted by atomic mass is 32.2. The predicted octanol–water partition coefficient (Wildman–Crippen LogP) is 5.14. The molecule has 31 heavy (non-hydrogen) atoms. The molecule has 0 aliphatic rings. The Hall–Kier alpha value is -3.12. The fourth-order valence-corrected chi connectivity index (χ4v) is 4.64. The van der Waals surface area contributed by atoms with Crippen molar-refractivity contribution in [1.29, 1.82) is 0 Å². The van der Waals surface area contributed by atoms with E-state index in [4.69, 9.17) is 4.74 Å². The van der Waals surface area contributed by atoms with E-state index in [1.165, 1.54) is 12.1 Å². The van der Waals surface area contributed by atoms with Gasteiger partial charge in [-0.3, -0.25) is 4.79 Å². The molecule has 0 saturated carbocycles. The number of carbonyl (C=O) groups excluding carboxylic acids is 1. The van der Waals surface area contributed by atoms with Crippen molar-refractivity contribution < 1.29 is 17.9 Å². The Morgan fingerprint density at radius 3 is 2.19 bits per heavy atom. The first kappa shape index (κ1) is 22.6. The molecule has 3 aromatic rings. The van der Waals surface area contributed by atoms with E-state index in [-0.39, 0.29) is 4.90 Å². The van der Waals surface area contributed by atoms with Gasteiger partial charge in [-0.25, -0.2) is 8.42 Å². The van der Waals surface area contributed by atoms with Crippen LogP contribution in [0, 0.1) is 6.92 Å². The number of aryl methyl sites for hydroxylation is 2. The van der Waals surface area contributed by atoms with Crippen LogP contribution in [-0.2, 0) is 21.2 Å². The number of benzene rings is 3. The molecule has 0 aliphatic carbocycles. The molecule has 0 heterocycles. The molecule has 162 valence electrons. The van der Waals surface area contributed by atoms with Gasteiger partial charge in [-0.1, -0.05) is 61.9 Å². The molecule has 0 N–H and O–H groups in total. The number of ether oxygens (including phenoxy) is 1. The average Bonchev–Trinajstić information content (AvgIpc) is 2.78. The topological polar surface area (TPSA) is 63.7 Å². The summed E-state index contributed by atoms with van der Waals surface area (Å²) >= 11 is 0. The zero-order valence-electron chi connectivity index (χ0n) is 17.8. The van der Waals surface area contributed by atoms with E-state index in [1.807, 2.05) is 31.2 Å². The van der Waals surface area contributed by atoms with Crippen LogP contribution in [0.3, 0.4) is 0 Å². The van der Waals surface area contributed by atoms with Crippen molar-refractivity contribution in [2.45, 2.75) is 38.0 Å². The lowest BCUT2D eigenvalue weighted by Crippen LogP contribution is -2.40. The van der Waals surface area contributed by atoms with Crippen molar-refractivity contribution in [3.8, 4) is 5.75 Å². The van der Waals surface area contributed by atoms with Crippen molar-refractivity contribution in [3.63, 3.8) is 0 Å². The molecule has 0 aromatic heterocycles. The second-order valence-electron chi connectivity index (χ2n) is 7.30. The van der Waals surface area contributed by atoms with Crippen molar-refractivity contribution in [2.24, 2.45) is 0 Å². The summed E-state index contributed by atoms with van der Waals surface area (Å²) in [6, 6.07) is 22.3. The number of rotatable bonds is 9. The molecule has 3 rings (SSSR count).